The van der Waals surface area contributed by atoms with E-state index in [2.05, 4.69) is 5.32 Å². The second-order valence-corrected chi connectivity index (χ2v) is 5.85. The highest BCUT2D eigenvalue weighted by Crippen LogP contribution is 2.25. The van der Waals surface area contributed by atoms with Crippen molar-refractivity contribution in [1.29, 1.82) is 0 Å². The van der Waals surface area contributed by atoms with Crippen LogP contribution in [0.2, 0.25) is 0 Å². The molecule has 2 aromatic rings. The summed E-state index contributed by atoms with van der Waals surface area (Å²) < 4.78 is 14.2. The fourth-order valence-electron chi connectivity index (χ4n) is 2.40. The number of carbonyl (C=O) groups excluding carboxylic acids is 2. The molecule has 6 heteroatoms. The van der Waals surface area contributed by atoms with E-state index in [-0.39, 0.29) is 28.6 Å². The van der Waals surface area contributed by atoms with Gasteiger partial charge in [-0.1, -0.05) is 30.3 Å². The number of halogens is 1. The summed E-state index contributed by atoms with van der Waals surface area (Å²) in [5, 5.41) is 11.5. The van der Waals surface area contributed by atoms with E-state index in [4.69, 9.17) is 5.21 Å². The Kier molecular flexibility index (Phi) is 4.90. The maximum atomic E-state index is 14.2. The summed E-state index contributed by atoms with van der Waals surface area (Å²) >= 11 is 0. The smallest absolute Gasteiger partial charge is 0.274 e. The van der Waals surface area contributed by atoms with Crippen LogP contribution in [0.25, 0.3) is 11.6 Å². The molecule has 1 saturated carbocycles. The van der Waals surface area contributed by atoms with Crippen molar-refractivity contribution in [1.82, 2.24) is 10.8 Å². The van der Waals surface area contributed by atoms with Gasteiger partial charge < -0.3 is 5.32 Å². The molecule has 0 bridgehead atoms. The number of amides is 2. The van der Waals surface area contributed by atoms with E-state index in [9.17, 15) is 14.0 Å². The summed E-state index contributed by atoms with van der Waals surface area (Å²) in [5.74, 6) is -1.43. The highest BCUT2D eigenvalue weighted by atomic mass is 19.1. The molecule has 1 aliphatic carbocycles. The van der Waals surface area contributed by atoms with Gasteiger partial charge in [0.2, 0.25) is 0 Å². The van der Waals surface area contributed by atoms with Gasteiger partial charge in [0, 0.05) is 17.2 Å². The molecule has 0 aromatic heterocycles. The van der Waals surface area contributed by atoms with Crippen LogP contribution in [0.4, 0.5) is 4.39 Å². The van der Waals surface area contributed by atoms with Gasteiger partial charge in [-0.15, -0.1) is 0 Å². The first-order chi connectivity index (χ1) is 12.1. The minimum atomic E-state index is -0.628. The Balaban J connectivity index is 1.95. The van der Waals surface area contributed by atoms with E-state index in [1.807, 2.05) is 0 Å². The number of hydroxylamine groups is 1. The van der Waals surface area contributed by atoms with Crippen LogP contribution >= 0.6 is 0 Å². The molecule has 0 saturated heterocycles. The summed E-state index contributed by atoms with van der Waals surface area (Å²) in [6.45, 7) is 0. The first-order valence-electron chi connectivity index (χ1n) is 7.90. The lowest BCUT2D eigenvalue weighted by Crippen LogP contribution is -2.26. The molecule has 3 N–H and O–H groups in total. The van der Waals surface area contributed by atoms with Gasteiger partial charge in [-0.2, -0.15) is 0 Å². The average molecular weight is 340 g/mol. The van der Waals surface area contributed by atoms with E-state index in [0.717, 1.165) is 12.8 Å². The van der Waals surface area contributed by atoms with Crippen LogP contribution in [0.15, 0.2) is 48.5 Å². The summed E-state index contributed by atoms with van der Waals surface area (Å²) in [5.41, 5.74) is 2.91. The number of hydrogen-bond donors (Lipinski definition) is 3. The van der Waals surface area contributed by atoms with Gasteiger partial charge in [0.05, 0.1) is 5.57 Å². The Morgan fingerprint density at radius 1 is 1.08 bits per heavy atom. The lowest BCUT2D eigenvalue weighted by Gasteiger charge is -2.10. The van der Waals surface area contributed by atoms with Crippen molar-refractivity contribution in [3.8, 4) is 0 Å². The third-order valence-corrected chi connectivity index (χ3v) is 3.91. The van der Waals surface area contributed by atoms with E-state index in [1.54, 1.807) is 41.9 Å². The zero-order valence-electron chi connectivity index (χ0n) is 13.3. The lowest BCUT2D eigenvalue weighted by molar-refractivity contribution is -0.115. The van der Waals surface area contributed by atoms with Crippen LogP contribution in [-0.2, 0) is 4.79 Å². The molecule has 0 aliphatic heterocycles. The zero-order valence-corrected chi connectivity index (χ0v) is 13.3. The van der Waals surface area contributed by atoms with Gasteiger partial charge in [0.25, 0.3) is 11.8 Å². The first-order valence-corrected chi connectivity index (χ1v) is 7.90. The minimum absolute atomic E-state index is 0.151. The van der Waals surface area contributed by atoms with E-state index in [1.165, 1.54) is 18.2 Å². The highest BCUT2D eigenvalue weighted by molar-refractivity contribution is 6.24. The van der Waals surface area contributed by atoms with Crippen LogP contribution in [-0.4, -0.2) is 23.1 Å². The van der Waals surface area contributed by atoms with Gasteiger partial charge >= 0.3 is 0 Å². The number of rotatable bonds is 5. The third-order valence-electron chi connectivity index (χ3n) is 3.91. The third kappa shape index (κ3) is 4.10. The van der Waals surface area contributed by atoms with E-state index < -0.39 is 11.7 Å². The molecular weight excluding hydrogens is 323 g/mol. The van der Waals surface area contributed by atoms with Crippen molar-refractivity contribution in [2.24, 2.45) is 0 Å². The monoisotopic (exact) mass is 340 g/mol. The van der Waals surface area contributed by atoms with Crippen LogP contribution in [0.1, 0.15) is 34.3 Å². The molecule has 0 heterocycles. The van der Waals surface area contributed by atoms with Crippen molar-refractivity contribution < 1.29 is 19.2 Å². The van der Waals surface area contributed by atoms with Crippen molar-refractivity contribution >= 4 is 23.5 Å². The van der Waals surface area contributed by atoms with Crippen molar-refractivity contribution in [3.05, 3.63) is 71.0 Å². The maximum absolute atomic E-state index is 14.2. The molecule has 5 nitrogen and oxygen atoms in total. The second kappa shape index (κ2) is 7.27. The summed E-state index contributed by atoms with van der Waals surface area (Å²) in [7, 11) is 0. The van der Waals surface area contributed by atoms with Crippen LogP contribution < -0.4 is 10.8 Å². The Morgan fingerprint density at radius 3 is 2.36 bits per heavy atom. The number of benzene rings is 2. The summed E-state index contributed by atoms with van der Waals surface area (Å²) in [6, 6.07) is 12.5. The highest BCUT2D eigenvalue weighted by Gasteiger charge is 2.26. The average Bonchev–Trinajstić information content (AvgIpc) is 3.44. The van der Waals surface area contributed by atoms with E-state index in [0.29, 0.717) is 5.56 Å². The Bertz CT molecular complexity index is 827. The van der Waals surface area contributed by atoms with Crippen LogP contribution in [0.3, 0.4) is 0 Å². The van der Waals surface area contributed by atoms with Gasteiger partial charge in [-0.3, -0.25) is 14.8 Å². The fraction of sp³-hybridized carbons (Fsp3) is 0.158. The fourth-order valence-corrected chi connectivity index (χ4v) is 2.40. The molecule has 128 valence electrons. The van der Waals surface area contributed by atoms with Gasteiger partial charge in [0.1, 0.15) is 5.82 Å². The summed E-state index contributed by atoms with van der Waals surface area (Å²) in [6.07, 6.45) is 3.44. The number of hydrogen-bond acceptors (Lipinski definition) is 3. The standard InChI is InChI=1S/C19H17FN2O3/c20-17-4-2-1-3-15(17)16(19(24)21-14-9-10-14)11-12-5-7-13(8-6-12)18(23)22-25/h1-8,11,14,25H,9-10H2,(H,21,24)(H,22,23)/b16-11+. The second-order valence-electron chi connectivity index (χ2n) is 5.85. The molecule has 1 aliphatic rings. The van der Waals surface area contributed by atoms with Crippen molar-refractivity contribution in [3.63, 3.8) is 0 Å². The zero-order chi connectivity index (χ0) is 17.8. The van der Waals surface area contributed by atoms with Gasteiger partial charge in [-0.05, 0) is 42.7 Å². The van der Waals surface area contributed by atoms with Crippen molar-refractivity contribution in [2.75, 3.05) is 0 Å². The Hall–Kier alpha value is -2.99. The van der Waals surface area contributed by atoms with E-state index >= 15 is 0 Å². The first kappa shape index (κ1) is 16.9. The molecule has 0 atom stereocenters. The molecular formula is C19H17FN2O3. The molecule has 0 spiro atoms. The van der Waals surface area contributed by atoms with Crippen molar-refractivity contribution in [2.45, 2.75) is 18.9 Å². The lowest BCUT2D eigenvalue weighted by atomic mass is 10.0. The van der Waals surface area contributed by atoms with Crippen LogP contribution in [0, 0.1) is 5.82 Å². The largest absolute Gasteiger partial charge is 0.349 e. The number of carbonyl (C=O) groups is 2. The van der Waals surface area contributed by atoms with Gasteiger partial charge in [0.15, 0.2) is 0 Å². The predicted octanol–water partition coefficient (Wildman–Crippen LogP) is 2.76. The predicted molar refractivity (Wildman–Crippen MR) is 91.1 cm³/mol. The Morgan fingerprint density at radius 2 is 1.76 bits per heavy atom. The van der Waals surface area contributed by atoms with Crippen LogP contribution in [0.5, 0.6) is 0 Å². The minimum Gasteiger partial charge on any atom is -0.349 e. The summed E-state index contributed by atoms with van der Waals surface area (Å²) in [4.78, 5) is 23.9. The molecule has 2 aromatic carbocycles. The topological polar surface area (TPSA) is 78.4 Å². The molecule has 3 rings (SSSR count). The molecule has 2 amide bonds. The molecule has 0 radical (unpaired) electrons. The maximum Gasteiger partial charge on any atom is 0.274 e. The molecule has 1 fully saturated rings. The quantitative estimate of drug-likeness (QED) is 0.339. The SMILES string of the molecule is O=C(NC1CC1)/C(=C/c1ccc(C(=O)NO)cc1)c1ccccc1F. The molecule has 0 unspecified atom stereocenters. The Labute approximate surface area is 144 Å². The number of nitrogens with one attached hydrogen (secondary N) is 2. The normalized spacial score (nSPS) is 14.1. The molecule has 25 heavy (non-hydrogen) atoms. The van der Waals surface area contributed by atoms with Gasteiger partial charge in [-0.25, -0.2) is 9.87 Å².